The third kappa shape index (κ3) is 5.23. The van der Waals surface area contributed by atoms with Gasteiger partial charge in [0.25, 0.3) is 0 Å². The molecule has 0 spiro atoms. The second-order valence-electron chi connectivity index (χ2n) is 2.74. The van der Waals surface area contributed by atoms with Crippen molar-refractivity contribution in [1.82, 2.24) is 10.6 Å². The molecule has 0 radical (unpaired) electrons. The predicted octanol–water partition coefficient (Wildman–Crippen LogP) is -1.17. The number of hydrogen-bond donors (Lipinski definition) is 4. The molecule has 0 aliphatic carbocycles. The summed E-state index contributed by atoms with van der Waals surface area (Å²) < 4.78 is 0. The molecule has 2 aliphatic rings. The lowest BCUT2D eigenvalue weighted by Crippen LogP contribution is -2.35. The second-order valence-corrected chi connectivity index (χ2v) is 2.74. The number of nitrogens with two attached hydrogens (primary N) is 2. The van der Waals surface area contributed by atoms with Crippen LogP contribution in [0.5, 0.6) is 0 Å². The van der Waals surface area contributed by atoms with Gasteiger partial charge in [0, 0.05) is 19.6 Å². The molecule has 0 fully saturated rings. The minimum atomic E-state index is 0. The molecule has 2 heterocycles. The summed E-state index contributed by atoms with van der Waals surface area (Å²) in [5.74, 6) is 1.17. The van der Waals surface area contributed by atoms with Crippen LogP contribution in [0, 0.1) is 0 Å². The fourth-order valence-corrected chi connectivity index (χ4v) is 0.967. The molecule has 0 saturated carbocycles. The van der Waals surface area contributed by atoms with Crippen molar-refractivity contribution in [1.29, 1.82) is 0 Å². The van der Waals surface area contributed by atoms with Crippen LogP contribution in [-0.2, 0) is 0 Å². The van der Waals surface area contributed by atoms with Gasteiger partial charge in [-0.25, -0.2) is 0 Å². The van der Waals surface area contributed by atoms with Gasteiger partial charge in [-0.05, 0) is 6.42 Å². The highest BCUT2D eigenvalue weighted by Crippen LogP contribution is 1.83. The zero-order chi connectivity index (χ0) is 9.52. The Hall–Kier alpha value is -1.46. The van der Waals surface area contributed by atoms with Gasteiger partial charge in [0.05, 0.1) is 6.54 Å². The van der Waals surface area contributed by atoms with Crippen LogP contribution in [0.25, 0.3) is 0 Å². The molecular formula is C8H20N6. The summed E-state index contributed by atoms with van der Waals surface area (Å²) in [6, 6.07) is 0. The van der Waals surface area contributed by atoms with Crippen LogP contribution in [0.4, 0.5) is 0 Å². The molecule has 2 aliphatic heterocycles. The van der Waals surface area contributed by atoms with E-state index in [-0.39, 0.29) is 7.43 Å². The first-order valence-electron chi connectivity index (χ1n) is 4.36. The quantitative estimate of drug-likeness (QED) is 0.396. The molecule has 0 aromatic rings. The second kappa shape index (κ2) is 6.99. The van der Waals surface area contributed by atoms with Crippen molar-refractivity contribution >= 4 is 11.9 Å². The Balaban J connectivity index is 0.000000227. The summed E-state index contributed by atoms with van der Waals surface area (Å²) in [7, 11) is 0. The predicted molar refractivity (Wildman–Crippen MR) is 60.3 cm³/mol. The van der Waals surface area contributed by atoms with Gasteiger partial charge >= 0.3 is 0 Å². The molecule has 6 heteroatoms. The van der Waals surface area contributed by atoms with E-state index in [1.54, 1.807) is 0 Å². The molecule has 6 N–H and O–H groups in total. The molecule has 14 heavy (non-hydrogen) atoms. The molecule has 6 nitrogen and oxygen atoms in total. The normalized spacial score (nSPS) is 18.6. The molecule has 0 aromatic heterocycles. The van der Waals surface area contributed by atoms with Crippen LogP contribution >= 0.6 is 0 Å². The van der Waals surface area contributed by atoms with E-state index >= 15 is 0 Å². The topological polar surface area (TPSA) is 101 Å². The minimum Gasteiger partial charge on any atom is -0.370 e. The van der Waals surface area contributed by atoms with Gasteiger partial charge in [0.2, 0.25) is 0 Å². The first kappa shape index (κ1) is 12.5. The first-order valence-corrected chi connectivity index (χ1v) is 4.36. The molecule has 0 unspecified atom stereocenters. The molecule has 2 rings (SSSR count). The Kier molecular flexibility index (Phi) is 6.26. The highest BCUT2D eigenvalue weighted by molar-refractivity contribution is 5.79. The summed E-state index contributed by atoms with van der Waals surface area (Å²) in [4.78, 5) is 7.73. The van der Waals surface area contributed by atoms with Crippen LogP contribution in [0.3, 0.4) is 0 Å². The maximum Gasteiger partial charge on any atom is 0.188 e. The van der Waals surface area contributed by atoms with E-state index in [4.69, 9.17) is 11.5 Å². The highest BCUT2D eigenvalue weighted by atomic mass is 15.1. The van der Waals surface area contributed by atoms with Crippen LogP contribution < -0.4 is 22.1 Å². The summed E-state index contributed by atoms with van der Waals surface area (Å²) in [5, 5.41) is 5.76. The van der Waals surface area contributed by atoms with E-state index in [1.807, 2.05) is 0 Å². The van der Waals surface area contributed by atoms with E-state index in [0.29, 0.717) is 11.9 Å². The van der Waals surface area contributed by atoms with Gasteiger partial charge in [0.1, 0.15) is 0 Å². The molecule has 0 bridgehead atoms. The maximum atomic E-state index is 5.27. The molecule has 0 aromatic carbocycles. The largest absolute Gasteiger partial charge is 0.370 e. The standard InChI is InChI=1S/C4H9N3.C3H7N3.CH4/c5-4-6-2-1-3-7-4;4-3-5-1-2-6-3;/h1-3H2,(H3,5,6,7);1-2H2,(H3,4,5,6);1H4. The summed E-state index contributed by atoms with van der Waals surface area (Å²) >= 11 is 0. The Bertz CT molecular complexity index is 210. The summed E-state index contributed by atoms with van der Waals surface area (Å²) in [5.41, 5.74) is 10.4. The lowest BCUT2D eigenvalue weighted by Gasteiger charge is -2.08. The Labute approximate surface area is 84.9 Å². The molecule has 0 amide bonds. The van der Waals surface area contributed by atoms with Gasteiger partial charge in [-0.2, -0.15) is 0 Å². The monoisotopic (exact) mass is 200 g/mol. The van der Waals surface area contributed by atoms with Crippen molar-refractivity contribution in [3.63, 3.8) is 0 Å². The Morgan fingerprint density at radius 2 is 1.50 bits per heavy atom. The lowest BCUT2D eigenvalue weighted by molar-refractivity contribution is 0.736. The Morgan fingerprint density at radius 1 is 0.929 bits per heavy atom. The summed E-state index contributed by atoms with van der Waals surface area (Å²) in [6.07, 6.45) is 1.11. The van der Waals surface area contributed by atoms with Crippen LogP contribution in [0.2, 0.25) is 0 Å². The molecular weight excluding hydrogens is 180 g/mol. The van der Waals surface area contributed by atoms with E-state index in [1.165, 1.54) is 0 Å². The lowest BCUT2D eigenvalue weighted by atomic mass is 10.4. The van der Waals surface area contributed by atoms with Crippen molar-refractivity contribution in [3.05, 3.63) is 0 Å². The third-order valence-corrected chi connectivity index (χ3v) is 1.62. The van der Waals surface area contributed by atoms with E-state index in [2.05, 4.69) is 20.6 Å². The minimum absolute atomic E-state index is 0. The maximum absolute atomic E-state index is 5.27. The fraction of sp³-hybridized carbons (Fsp3) is 0.750. The zero-order valence-electron chi connectivity index (χ0n) is 7.58. The number of hydrogen-bond acceptors (Lipinski definition) is 6. The van der Waals surface area contributed by atoms with Crippen LogP contribution in [0.1, 0.15) is 13.8 Å². The highest BCUT2D eigenvalue weighted by Gasteiger charge is 1.95. The van der Waals surface area contributed by atoms with E-state index in [9.17, 15) is 0 Å². The zero-order valence-corrected chi connectivity index (χ0v) is 7.58. The average Bonchev–Trinajstić information content (AvgIpc) is 2.58. The van der Waals surface area contributed by atoms with Gasteiger partial charge < -0.3 is 22.1 Å². The van der Waals surface area contributed by atoms with Crippen molar-refractivity contribution in [2.75, 3.05) is 26.2 Å². The van der Waals surface area contributed by atoms with Crippen molar-refractivity contribution in [2.45, 2.75) is 13.8 Å². The fourth-order valence-electron chi connectivity index (χ4n) is 0.967. The number of aliphatic imine (C=N–C) groups is 2. The van der Waals surface area contributed by atoms with Gasteiger partial charge in [0.15, 0.2) is 11.9 Å². The van der Waals surface area contributed by atoms with Crippen molar-refractivity contribution < 1.29 is 0 Å². The Morgan fingerprint density at radius 3 is 1.71 bits per heavy atom. The van der Waals surface area contributed by atoms with Crippen LogP contribution in [-0.4, -0.2) is 38.1 Å². The number of guanidine groups is 2. The molecule has 82 valence electrons. The van der Waals surface area contributed by atoms with Gasteiger partial charge in [-0.1, -0.05) is 7.43 Å². The number of nitrogens with zero attached hydrogens (tertiary/aromatic N) is 2. The van der Waals surface area contributed by atoms with Gasteiger partial charge in [-0.15, -0.1) is 0 Å². The van der Waals surface area contributed by atoms with Crippen molar-refractivity contribution in [2.24, 2.45) is 21.5 Å². The van der Waals surface area contributed by atoms with E-state index < -0.39 is 0 Å². The SMILES string of the molecule is C.NC1=NCCCN1.NC1=NCCN1. The molecule has 0 atom stereocenters. The van der Waals surface area contributed by atoms with Gasteiger partial charge in [-0.3, -0.25) is 9.98 Å². The van der Waals surface area contributed by atoms with Crippen LogP contribution in [0.15, 0.2) is 9.98 Å². The summed E-state index contributed by atoms with van der Waals surface area (Å²) in [6.45, 7) is 3.62. The smallest absolute Gasteiger partial charge is 0.188 e. The molecule has 0 saturated heterocycles. The third-order valence-electron chi connectivity index (χ3n) is 1.62. The average molecular weight is 200 g/mol. The van der Waals surface area contributed by atoms with E-state index in [0.717, 1.165) is 32.6 Å². The number of nitrogens with one attached hydrogen (secondary N) is 2. The number of rotatable bonds is 0. The first-order chi connectivity index (χ1) is 6.29. The van der Waals surface area contributed by atoms with Crippen molar-refractivity contribution in [3.8, 4) is 0 Å².